The van der Waals surface area contributed by atoms with Crippen LogP contribution in [-0.4, -0.2) is 18.0 Å². The van der Waals surface area contributed by atoms with Crippen molar-refractivity contribution in [2.75, 3.05) is 5.32 Å². The third-order valence-electron chi connectivity index (χ3n) is 4.34. The first-order valence-electron chi connectivity index (χ1n) is 9.49. The molecule has 3 rings (SSSR count). The van der Waals surface area contributed by atoms with Crippen molar-refractivity contribution < 1.29 is 19.1 Å². The number of benzene rings is 3. The van der Waals surface area contributed by atoms with Crippen LogP contribution in [0.25, 0.3) is 0 Å². The van der Waals surface area contributed by atoms with Gasteiger partial charge in [-0.15, -0.1) is 0 Å². The molecule has 1 atom stereocenters. The van der Waals surface area contributed by atoms with Crippen molar-refractivity contribution in [1.29, 1.82) is 0 Å². The lowest BCUT2D eigenvalue weighted by Crippen LogP contribution is -2.28. The molecule has 5 heteroatoms. The van der Waals surface area contributed by atoms with Gasteiger partial charge >= 0.3 is 5.97 Å². The normalized spacial score (nSPS) is 11.4. The number of hydrogen-bond acceptors (Lipinski definition) is 4. The molecule has 1 N–H and O–H groups in total. The minimum absolute atomic E-state index is 0.235. The van der Waals surface area contributed by atoms with Crippen LogP contribution in [-0.2, 0) is 11.2 Å². The molecule has 0 spiro atoms. The van der Waals surface area contributed by atoms with E-state index in [0.29, 0.717) is 22.7 Å². The molecule has 0 aliphatic carbocycles. The first-order valence-corrected chi connectivity index (χ1v) is 9.49. The van der Waals surface area contributed by atoms with Gasteiger partial charge in [0.05, 0.1) is 0 Å². The quantitative estimate of drug-likeness (QED) is 0.462. The Balaban J connectivity index is 1.55. The summed E-state index contributed by atoms with van der Waals surface area (Å²) in [5.41, 5.74) is 2.38. The molecule has 1 amide bonds. The molecule has 0 heterocycles. The fourth-order valence-corrected chi connectivity index (χ4v) is 2.65. The zero-order valence-electron chi connectivity index (χ0n) is 16.4. The van der Waals surface area contributed by atoms with E-state index >= 15 is 0 Å². The van der Waals surface area contributed by atoms with Gasteiger partial charge in [-0.25, -0.2) is 4.79 Å². The second kappa shape index (κ2) is 9.55. The summed E-state index contributed by atoms with van der Waals surface area (Å²) in [6, 6.07) is 23.2. The van der Waals surface area contributed by atoms with Crippen LogP contribution < -0.4 is 14.8 Å². The maximum Gasteiger partial charge on any atom is 0.352 e. The van der Waals surface area contributed by atoms with Crippen LogP contribution >= 0.6 is 0 Å². The largest absolute Gasteiger partial charge is 0.479 e. The van der Waals surface area contributed by atoms with Crippen molar-refractivity contribution in [3.63, 3.8) is 0 Å². The Bertz CT molecular complexity index is 950. The highest BCUT2D eigenvalue weighted by atomic mass is 16.6. The number of amides is 1. The molecule has 29 heavy (non-hydrogen) atoms. The highest BCUT2D eigenvalue weighted by Gasteiger charge is 2.17. The van der Waals surface area contributed by atoms with E-state index < -0.39 is 12.1 Å². The molecule has 0 aliphatic heterocycles. The van der Waals surface area contributed by atoms with Crippen molar-refractivity contribution in [2.24, 2.45) is 0 Å². The Kier molecular flexibility index (Phi) is 6.63. The maximum atomic E-state index is 12.3. The van der Waals surface area contributed by atoms with Crippen LogP contribution in [0.5, 0.6) is 11.5 Å². The minimum Gasteiger partial charge on any atom is -0.479 e. The first kappa shape index (κ1) is 20.1. The SMILES string of the molecule is CCc1ccc(OC(C)C(=O)Oc2ccc(C(=O)Nc3ccccc3)cc2)cc1. The van der Waals surface area contributed by atoms with E-state index in [1.165, 1.54) is 5.56 Å². The fraction of sp³-hybridized carbons (Fsp3) is 0.167. The number of anilines is 1. The third-order valence-corrected chi connectivity index (χ3v) is 4.34. The first-order chi connectivity index (χ1) is 14.0. The molecule has 0 aromatic heterocycles. The summed E-state index contributed by atoms with van der Waals surface area (Å²) in [6.45, 7) is 3.71. The number of ether oxygens (including phenoxy) is 2. The number of para-hydroxylation sites is 1. The Hall–Kier alpha value is -3.60. The van der Waals surface area contributed by atoms with Crippen LogP contribution in [0.4, 0.5) is 5.69 Å². The Morgan fingerprint density at radius 1 is 0.862 bits per heavy atom. The number of rotatable bonds is 7. The van der Waals surface area contributed by atoms with Gasteiger partial charge in [0, 0.05) is 11.3 Å². The molecule has 3 aromatic rings. The highest BCUT2D eigenvalue weighted by Crippen LogP contribution is 2.17. The zero-order chi connectivity index (χ0) is 20.6. The zero-order valence-corrected chi connectivity index (χ0v) is 16.4. The summed E-state index contributed by atoms with van der Waals surface area (Å²) in [5.74, 6) is 0.218. The van der Waals surface area contributed by atoms with E-state index in [9.17, 15) is 9.59 Å². The van der Waals surface area contributed by atoms with Gasteiger partial charge in [0.1, 0.15) is 11.5 Å². The molecule has 0 bridgehead atoms. The third kappa shape index (κ3) is 5.69. The van der Waals surface area contributed by atoms with Gasteiger partial charge < -0.3 is 14.8 Å². The molecule has 3 aromatic carbocycles. The molecular formula is C24H23NO4. The Labute approximate surface area is 170 Å². The molecule has 1 unspecified atom stereocenters. The van der Waals surface area contributed by atoms with Gasteiger partial charge in [0.25, 0.3) is 5.91 Å². The van der Waals surface area contributed by atoms with Crippen molar-refractivity contribution in [2.45, 2.75) is 26.4 Å². The average molecular weight is 389 g/mol. The van der Waals surface area contributed by atoms with Crippen LogP contribution in [0.1, 0.15) is 29.8 Å². The van der Waals surface area contributed by atoms with Crippen LogP contribution in [0.3, 0.4) is 0 Å². The monoisotopic (exact) mass is 389 g/mol. The lowest BCUT2D eigenvalue weighted by molar-refractivity contribution is -0.141. The van der Waals surface area contributed by atoms with Gasteiger partial charge in [0.15, 0.2) is 6.10 Å². The predicted octanol–water partition coefficient (Wildman–Crippen LogP) is 4.87. The van der Waals surface area contributed by atoms with Crippen molar-refractivity contribution in [3.05, 3.63) is 90.0 Å². The Morgan fingerprint density at radius 3 is 2.10 bits per heavy atom. The maximum absolute atomic E-state index is 12.3. The minimum atomic E-state index is -0.761. The number of esters is 1. The summed E-state index contributed by atoms with van der Waals surface area (Å²) in [5, 5.41) is 2.81. The van der Waals surface area contributed by atoms with E-state index in [2.05, 4.69) is 12.2 Å². The van der Waals surface area contributed by atoms with E-state index in [1.807, 2.05) is 54.6 Å². The van der Waals surface area contributed by atoms with Crippen molar-refractivity contribution >= 4 is 17.6 Å². The summed E-state index contributed by atoms with van der Waals surface area (Å²) in [7, 11) is 0. The standard InChI is InChI=1S/C24H23NO4/c1-3-18-9-13-21(14-10-18)28-17(2)24(27)29-22-15-11-19(12-16-22)23(26)25-20-7-5-4-6-8-20/h4-17H,3H2,1-2H3,(H,25,26). The van der Waals surface area contributed by atoms with E-state index in [1.54, 1.807) is 31.2 Å². The number of hydrogen-bond donors (Lipinski definition) is 1. The summed E-state index contributed by atoms with van der Waals surface area (Å²) >= 11 is 0. The average Bonchev–Trinajstić information content (AvgIpc) is 2.75. The predicted molar refractivity (Wildman–Crippen MR) is 112 cm³/mol. The van der Waals surface area contributed by atoms with Crippen LogP contribution in [0, 0.1) is 0 Å². The number of nitrogens with one attached hydrogen (secondary N) is 1. The van der Waals surface area contributed by atoms with E-state index in [4.69, 9.17) is 9.47 Å². The Morgan fingerprint density at radius 2 is 1.48 bits per heavy atom. The fourth-order valence-electron chi connectivity index (χ4n) is 2.65. The van der Waals surface area contributed by atoms with Gasteiger partial charge in [-0.3, -0.25) is 4.79 Å². The van der Waals surface area contributed by atoms with Crippen LogP contribution in [0.15, 0.2) is 78.9 Å². The summed E-state index contributed by atoms with van der Waals surface area (Å²) in [6.07, 6.45) is 0.181. The van der Waals surface area contributed by atoms with Gasteiger partial charge in [0.2, 0.25) is 0 Å². The number of aryl methyl sites for hydroxylation is 1. The molecule has 0 radical (unpaired) electrons. The lowest BCUT2D eigenvalue weighted by Gasteiger charge is -2.14. The second-order valence-corrected chi connectivity index (χ2v) is 6.52. The topological polar surface area (TPSA) is 64.6 Å². The molecule has 5 nitrogen and oxygen atoms in total. The van der Waals surface area contributed by atoms with Gasteiger partial charge in [-0.2, -0.15) is 0 Å². The number of carbonyl (C=O) groups excluding carboxylic acids is 2. The molecule has 0 saturated heterocycles. The smallest absolute Gasteiger partial charge is 0.352 e. The van der Waals surface area contributed by atoms with Gasteiger partial charge in [-0.05, 0) is 67.4 Å². The summed E-state index contributed by atoms with van der Waals surface area (Å²) < 4.78 is 11.0. The van der Waals surface area contributed by atoms with Crippen molar-refractivity contribution in [3.8, 4) is 11.5 Å². The molecule has 148 valence electrons. The van der Waals surface area contributed by atoms with Gasteiger partial charge in [-0.1, -0.05) is 37.3 Å². The molecular weight excluding hydrogens is 366 g/mol. The molecule has 0 fully saturated rings. The van der Waals surface area contributed by atoms with E-state index in [0.717, 1.165) is 6.42 Å². The van der Waals surface area contributed by atoms with Crippen LogP contribution in [0.2, 0.25) is 0 Å². The van der Waals surface area contributed by atoms with E-state index in [-0.39, 0.29) is 5.91 Å². The summed E-state index contributed by atoms with van der Waals surface area (Å²) in [4.78, 5) is 24.5. The molecule has 0 aliphatic rings. The van der Waals surface area contributed by atoms with Crippen molar-refractivity contribution in [1.82, 2.24) is 0 Å². The molecule has 0 saturated carbocycles. The highest BCUT2D eigenvalue weighted by molar-refractivity contribution is 6.04. The number of carbonyl (C=O) groups is 2. The second-order valence-electron chi connectivity index (χ2n) is 6.52. The lowest BCUT2D eigenvalue weighted by atomic mass is 10.2.